The summed E-state index contributed by atoms with van der Waals surface area (Å²) in [5.74, 6) is 1.86. The van der Waals surface area contributed by atoms with E-state index >= 15 is 0 Å². The highest BCUT2D eigenvalue weighted by molar-refractivity contribution is 5.42. The molecule has 1 aromatic carbocycles. The van der Waals surface area contributed by atoms with Gasteiger partial charge in [-0.2, -0.15) is 9.97 Å². The van der Waals surface area contributed by atoms with Crippen molar-refractivity contribution in [3.63, 3.8) is 0 Å². The first-order valence-corrected chi connectivity index (χ1v) is 5.73. The molecule has 5 heteroatoms. The summed E-state index contributed by atoms with van der Waals surface area (Å²) in [4.78, 5) is 7.79. The summed E-state index contributed by atoms with van der Waals surface area (Å²) in [5.41, 5.74) is 12.2. The number of nitrogen functional groups attached to an aromatic ring is 2. The third-order valence-corrected chi connectivity index (χ3v) is 2.50. The van der Waals surface area contributed by atoms with Crippen LogP contribution in [0.1, 0.15) is 25.3 Å². The minimum Gasteiger partial charge on any atom is -0.438 e. The maximum absolute atomic E-state index is 5.72. The van der Waals surface area contributed by atoms with E-state index < -0.39 is 0 Å². The van der Waals surface area contributed by atoms with Gasteiger partial charge in [-0.05, 0) is 17.5 Å². The fraction of sp³-hybridized carbons (Fsp3) is 0.231. The van der Waals surface area contributed by atoms with Crippen LogP contribution in [0.25, 0.3) is 0 Å². The summed E-state index contributed by atoms with van der Waals surface area (Å²) < 4.78 is 5.72. The Kier molecular flexibility index (Phi) is 3.32. The first kappa shape index (κ1) is 12.2. The van der Waals surface area contributed by atoms with Gasteiger partial charge in [-0.25, -0.2) is 0 Å². The Labute approximate surface area is 106 Å². The van der Waals surface area contributed by atoms with Gasteiger partial charge in [0.15, 0.2) is 0 Å². The molecular formula is C13H16N4O. The SMILES string of the molecule is CC(C)c1ccccc1Oc1cc(N)nc(N)n1. The highest BCUT2D eigenvalue weighted by atomic mass is 16.5. The number of hydrogen-bond donors (Lipinski definition) is 2. The summed E-state index contributed by atoms with van der Waals surface area (Å²) in [7, 11) is 0. The molecule has 0 aliphatic heterocycles. The van der Waals surface area contributed by atoms with Gasteiger partial charge in [0.05, 0.1) is 0 Å². The molecule has 94 valence electrons. The molecule has 2 rings (SSSR count). The predicted molar refractivity (Wildman–Crippen MR) is 71.5 cm³/mol. The molecule has 2 aromatic rings. The molecule has 5 nitrogen and oxygen atoms in total. The molecule has 4 N–H and O–H groups in total. The van der Waals surface area contributed by atoms with Gasteiger partial charge >= 0.3 is 0 Å². The van der Waals surface area contributed by atoms with Gasteiger partial charge in [0, 0.05) is 6.07 Å². The second kappa shape index (κ2) is 4.91. The van der Waals surface area contributed by atoms with Crippen molar-refractivity contribution in [1.29, 1.82) is 0 Å². The third-order valence-electron chi connectivity index (χ3n) is 2.50. The van der Waals surface area contributed by atoms with Crippen LogP contribution in [0.2, 0.25) is 0 Å². The molecule has 0 atom stereocenters. The Hall–Kier alpha value is -2.30. The average molecular weight is 244 g/mol. The average Bonchev–Trinajstić information content (AvgIpc) is 2.27. The zero-order valence-corrected chi connectivity index (χ0v) is 10.4. The van der Waals surface area contributed by atoms with Gasteiger partial charge in [-0.3, -0.25) is 0 Å². The highest BCUT2D eigenvalue weighted by Crippen LogP contribution is 2.29. The number of benzene rings is 1. The van der Waals surface area contributed by atoms with Crippen LogP contribution >= 0.6 is 0 Å². The van der Waals surface area contributed by atoms with Gasteiger partial charge in [0.2, 0.25) is 11.8 Å². The monoisotopic (exact) mass is 244 g/mol. The van der Waals surface area contributed by atoms with Crippen molar-refractivity contribution in [2.24, 2.45) is 0 Å². The number of para-hydroxylation sites is 1. The molecule has 1 heterocycles. The Morgan fingerprint density at radius 2 is 1.83 bits per heavy atom. The Morgan fingerprint density at radius 1 is 1.11 bits per heavy atom. The zero-order valence-electron chi connectivity index (χ0n) is 10.4. The lowest BCUT2D eigenvalue weighted by Gasteiger charge is -2.13. The van der Waals surface area contributed by atoms with Crippen molar-refractivity contribution in [1.82, 2.24) is 9.97 Å². The molecule has 0 aliphatic rings. The van der Waals surface area contributed by atoms with E-state index in [-0.39, 0.29) is 5.95 Å². The van der Waals surface area contributed by atoms with E-state index in [4.69, 9.17) is 16.2 Å². The summed E-state index contributed by atoms with van der Waals surface area (Å²) in [6.07, 6.45) is 0. The maximum Gasteiger partial charge on any atom is 0.226 e. The minimum absolute atomic E-state index is 0.104. The Bertz CT molecular complexity index is 534. The van der Waals surface area contributed by atoms with E-state index in [1.807, 2.05) is 24.3 Å². The van der Waals surface area contributed by atoms with Crippen LogP contribution in [0.5, 0.6) is 11.6 Å². The molecule has 1 aromatic heterocycles. The van der Waals surface area contributed by atoms with Crippen molar-refractivity contribution in [3.05, 3.63) is 35.9 Å². The number of anilines is 2. The molecule has 0 unspecified atom stereocenters. The van der Waals surface area contributed by atoms with E-state index in [0.717, 1.165) is 11.3 Å². The second-order valence-corrected chi connectivity index (χ2v) is 4.28. The first-order chi connectivity index (χ1) is 8.56. The molecule has 0 saturated carbocycles. The fourth-order valence-electron chi connectivity index (χ4n) is 1.68. The van der Waals surface area contributed by atoms with Crippen molar-refractivity contribution in [3.8, 4) is 11.6 Å². The number of nitrogens with two attached hydrogens (primary N) is 2. The van der Waals surface area contributed by atoms with Crippen LogP contribution in [0.15, 0.2) is 30.3 Å². The molecule has 0 bridgehead atoms. The van der Waals surface area contributed by atoms with Crippen LogP contribution in [-0.2, 0) is 0 Å². The normalized spacial score (nSPS) is 10.6. The van der Waals surface area contributed by atoms with Crippen molar-refractivity contribution in [2.45, 2.75) is 19.8 Å². The third kappa shape index (κ3) is 2.68. The quantitative estimate of drug-likeness (QED) is 0.866. The summed E-state index contributed by atoms with van der Waals surface area (Å²) >= 11 is 0. The minimum atomic E-state index is 0.104. The van der Waals surface area contributed by atoms with Crippen LogP contribution in [0, 0.1) is 0 Å². The first-order valence-electron chi connectivity index (χ1n) is 5.73. The van der Waals surface area contributed by atoms with Gasteiger partial charge in [-0.1, -0.05) is 32.0 Å². The number of rotatable bonds is 3. The number of nitrogens with zero attached hydrogens (tertiary/aromatic N) is 2. The molecule has 0 saturated heterocycles. The van der Waals surface area contributed by atoms with Gasteiger partial charge in [0.25, 0.3) is 0 Å². The fourth-order valence-corrected chi connectivity index (χ4v) is 1.68. The molecule has 0 aliphatic carbocycles. The molecule has 18 heavy (non-hydrogen) atoms. The van der Waals surface area contributed by atoms with E-state index in [9.17, 15) is 0 Å². The van der Waals surface area contributed by atoms with Gasteiger partial charge in [0.1, 0.15) is 11.6 Å². The lowest BCUT2D eigenvalue weighted by atomic mass is 10.0. The predicted octanol–water partition coefficient (Wildman–Crippen LogP) is 2.56. The molecular weight excluding hydrogens is 228 g/mol. The summed E-state index contributed by atoms with van der Waals surface area (Å²) in [6.45, 7) is 4.20. The van der Waals surface area contributed by atoms with Gasteiger partial charge in [-0.15, -0.1) is 0 Å². The lowest BCUT2D eigenvalue weighted by molar-refractivity contribution is 0.454. The van der Waals surface area contributed by atoms with Gasteiger partial charge < -0.3 is 16.2 Å². The summed E-state index contributed by atoms with van der Waals surface area (Å²) in [5, 5.41) is 0. The number of aromatic nitrogens is 2. The van der Waals surface area contributed by atoms with Crippen LogP contribution in [0.3, 0.4) is 0 Å². The van der Waals surface area contributed by atoms with E-state index in [0.29, 0.717) is 17.6 Å². The van der Waals surface area contributed by atoms with Crippen LogP contribution in [-0.4, -0.2) is 9.97 Å². The molecule has 0 spiro atoms. The van der Waals surface area contributed by atoms with Crippen molar-refractivity contribution < 1.29 is 4.74 Å². The highest BCUT2D eigenvalue weighted by Gasteiger charge is 2.09. The number of hydrogen-bond acceptors (Lipinski definition) is 5. The standard InChI is InChI=1S/C13H16N4O/c1-8(2)9-5-3-4-6-10(9)18-12-7-11(14)16-13(15)17-12/h3-8H,1-2H3,(H4,14,15,16,17). The number of ether oxygens (including phenoxy) is 1. The second-order valence-electron chi connectivity index (χ2n) is 4.28. The summed E-state index contributed by atoms with van der Waals surface area (Å²) in [6, 6.07) is 9.35. The molecule has 0 amide bonds. The van der Waals surface area contributed by atoms with E-state index in [1.54, 1.807) is 6.07 Å². The molecule has 0 radical (unpaired) electrons. The van der Waals surface area contributed by atoms with E-state index in [1.165, 1.54) is 0 Å². The topological polar surface area (TPSA) is 87.0 Å². The van der Waals surface area contributed by atoms with Crippen LogP contribution in [0.4, 0.5) is 11.8 Å². The zero-order chi connectivity index (χ0) is 13.1. The molecule has 0 fully saturated rings. The van der Waals surface area contributed by atoms with Crippen molar-refractivity contribution >= 4 is 11.8 Å². The lowest BCUT2D eigenvalue weighted by Crippen LogP contribution is -2.01. The van der Waals surface area contributed by atoms with E-state index in [2.05, 4.69) is 23.8 Å². The largest absolute Gasteiger partial charge is 0.438 e. The maximum atomic E-state index is 5.72. The smallest absolute Gasteiger partial charge is 0.226 e. The van der Waals surface area contributed by atoms with Crippen molar-refractivity contribution in [2.75, 3.05) is 11.5 Å². The Balaban J connectivity index is 2.34. The Morgan fingerprint density at radius 3 is 2.50 bits per heavy atom. The van der Waals surface area contributed by atoms with Crippen LogP contribution < -0.4 is 16.2 Å².